The Morgan fingerprint density at radius 2 is 1.87 bits per heavy atom. The van der Waals surface area contributed by atoms with E-state index in [1.807, 2.05) is 31.2 Å². The molecule has 1 N–H and O–H groups in total. The molecular weight excluding hydrogens is 506 g/mol. The second-order valence-corrected chi connectivity index (χ2v) is 10.3. The third-order valence-electron chi connectivity index (χ3n) is 6.44. The number of aromatic nitrogens is 3. The van der Waals surface area contributed by atoms with Crippen molar-refractivity contribution in [3.63, 3.8) is 0 Å². The van der Waals surface area contributed by atoms with E-state index in [2.05, 4.69) is 24.1 Å². The summed E-state index contributed by atoms with van der Waals surface area (Å²) in [6.07, 6.45) is 3.92. The summed E-state index contributed by atoms with van der Waals surface area (Å²) in [7, 11) is 0. The van der Waals surface area contributed by atoms with Gasteiger partial charge in [-0.05, 0) is 37.5 Å². The number of benzene rings is 1. The van der Waals surface area contributed by atoms with Gasteiger partial charge in [0.1, 0.15) is 11.8 Å². The molecule has 1 atom stereocenters. The van der Waals surface area contributed by atoms with Gasteiger partial charge in [-0.2, -0.15) is 4.98 Å². The van der Waals surface area contributed by atoms with Crippen LogP contribution in [-0.4, -0.2) is 76.8 Å². The van der Waals surface area contributed by atoms with Gasteiger partial charge in [-0.1, -0.05) is 50.6 Å². The number of hydrogen-bond donors (Lipinski definition) is 1. The molecule has 2 aliphatic rings. The maximum atomic E-state index is 13.2. The van der Waals surface area contributed by atoms with Crippen LogP contribution in [0.3, 0.4) is 0 Å². The van der Waals surface area contributed by atoms with Crippen LogP contribution in [0.25, 0.3) is 0 Å². The fraction of sp³-hybridized carbons (Fsp3) is 0.556. The number of hydrogen-bond acceptors (Lipinski definition) is 9. The summed E-state index contributed by atoms with van der Waals surface area (Å²) >= 11 is 1.61. The molecular formula is C27H37N5O5S. The van der Waals surface area contributed by atoms with E-state index in [1.165, 1.54) is 0 Å². The van der Waals surface area contributed by atoms with Crippen LogP contribution in [0.15, 0.2) is 40.7 Å². The van der Waals surface area contributed by atoms with E-state index in [1.54, 1.807) is 21.3 Å². The van der Waals surface area contributed by atoms with Crippen molar-refractivity contribution in [3.05, 3.63) is 41.1 Å². The van der Waals surface area contributed by atoms with Crippen LogP contribution in [0.5, 0.6) is 5.75 Å². The Morgan fingerprint density at radius 1 is 1.13 bits per heavy atom. The first kappa shape index (κ1) is 28.0. The summed E-state index contributed by atoms with van der Waals surface area (Å²) in [6.45, 7) is 8.67. The highest BCUT2D eigenvalue weighted by Crippen LogP contribution is 2.37. The number of allylic oxidation sites excluding steroid dienone is 1. The number of morpholine rings is 1. The standard InChI is InChI=1S/C27H37N5O5S/c1-4-6-14-36-25(34)23-19(3)28-26-29-27(38-17-7-5-2)30-32(26)24(23)20-8-10-21(11-9-20)37-18-22(33)31-12-15-35-16-13-31/h8-11,24H,4-7,12-18H2,1-3H3,(H,28,29,30). The average molecular weight is 544 g/mol. The molecule has 1 aromatic heterocycles. The number of nitrogens with zero attached hydrogens (tertiary/aromatic N) is 4. The van der Waals surface area contributed by atoms with Gasteiger partial charge in [0.2, 0.25) is 11.1 Å². The van der Waals surface area contributed by atoms with Gasteiger partial charge in [0.05, 0.1) is 25.4 Å². The van der Waals surface area contributed by atoms with E-state index < -0.39 is 6.04 Å². The third-order valence-corrected chi connectivity index (χ3v) is 7.36. The molecule has 1 fully saturated rings. The monoisotopic (exact) mass is 543 g/mol. The Hall–Kier alpha value is -3.05. The van der Waals surface area contributed by atoms with Crippen molar-refractivity contribution in [2.45, 2.75) is 57.7 Å². The molecule has 4 rings (SSSR count). The van der Waals surface area contributed by atoms with Crippen molar-refractivity contribution in [1.29, 1.82) is 0 Å². The summed E-state index contributed by atoms with van der Waals surface area (Å²) in [5.74, 6) is 1.66. The van der Waals surface area contributed by atoms with Crippen molar-refractivity contribution in [2.75, 3.05) is 50.6 Å². The Kier molecular flexibility index (Phi) is 10.1. The number of anilines is 1. The Bertz CT molecular complexity index is 1130. The van der Waals surface area contributed by atoms with Crippen LogP contribution in [0.2, 0.25) is 0 Å². The summed E-state index contributed by atoms with van der Waals surface area (Å²) in [5.41, 5.74) is 2.04. The fourth-order valence-electron chi connectivity index (χ4n) is 4.26. The topological polar surface area (TPSA) is 108 Å². The summed E-state index contributed by atoms with van der Waals surface area (Å²) in [4.78, 5) is 32.1. The van der Waals surface area contributed by atoms with Gasteiger partial charge in [0, 0.05) is 24.5 Å². The lowest BCUT2D eigenvalue weighted by atomic mass is 9.96. The minimum Gasteiger partial charge on any atom is -0.484 e. The Labute approximate surface area is 228 Å². The Morgan fingerprint density at radius 3 is 2.58 bits per heavy atom. The molecule has 11 heteroatoms. The Balaban J connectivity index is 1.54. The van der Waals surface area contributed by atoms with Crippen molar-refractivity contribution in [1.82, 2.24) is 19.7 Å². The molecule has 3 heterocycles. The molecule has 0 spiro atoms. The summed E-state index contributed by atoms with van der Waals surface area (Å²) < 4.78 is 18.4. The number of fused-ring (bicyclic) bond motifs is 1. The number of nitrogens with one attached hydrogen (secondary N) is 1. The molecule has 38 heavy (non-hydrogen) atoms. The molecule has 0 radical (unpaired) electrons. The molecule has 1 aromatic carbocycles. The quantitative estimate of drug-likeness (QED) is 0.241. The number of esters is 1. The molecule has 10 nitrogen and oxygen atoms in total. The van der Waals surface area contributed by atoms with Crippen LogP contribution < -0.4 is 10.1 Å². The molecule has 1 amide bonds. The molecule has 1 unspecified atom stereocenters. The molecule has 206 valence electrons. The van der Waals surface area contributed by atoms with E-state index in [9.17, 15) is 9.59 Å². The molecule has 2 aliphatic heterocycles. The zero-order chi connectivity index (χ0) is 26.9. The molecule has 0 bridgehead atoms. The number of amides is 1. The van der Waals surface area contributed by atoms with Crippen LogP contribution >= 0.6 is 11.8 Å². The van der Waals surface area contributed by atoms with Gasteiger partial charge < -0.3 is 24.4 Å². The molecule has 0 aliphatic carbocycles. The van der Waals surface area contributed by atoms with Crippen molar-refractivity contribution in [3.8, 4) is 5.75 Å². The van der Waals surface area contributed by atoms with Crippen LogP contribution in [0.4, 0.5) is 5.95 Å². The van der Waals surface area contributed by atoms with Gasteiger partial charge in [-0.15, -0.1) is 5.10 Å². The lowest BCUT2D eigenvalue weighted by molar-refractivity contribution is -0.140. The lowest BCUT2D eigenvalue weighted by Crippen LogP contribution is -2.42. The highest BCUT2D eigenvalue weighted by atomic mass is 32.2. The predicted octanol–water partition coefficient (Wildman–Crippen LogP) is 4.04. The number of ether oxygens (including phenoxy) is 3. The van der Waals surface area contributed by atoms with Crippen LogP contribution in [-0.2, 0) is 19.1 Å². The zero-order valence-corrected chi connectivity index (χ0v) is 23.2. The van der Waals surface area contributed by atoms with Gasteiger partial charge >= 0.3 is 5.97 Å². The number of carbonyl (C=O) groups is 2. The molecule has 1 saturated heterocycles. The highest BCUT2D eigenvalue weighted by Gasteiger charge is 2.35. The largest absolute Gasteiger partial charge is 0.484 e. The maximum Gasteiger partial charge on any atom is 0.338 e. The average Bonchev–Trinajstić information content (AvgIpc) is 3.34. The first-order chi connectivity index (χ1) is 18.5. The fourth-order valence-corrected chi connectivity index (χ4v) is 5.17. The highest BCUT2D eigenvalue weighted by molar-refractivity contribution is 7.99. The van der Waals surface area contributed by atoms with Gasteiger partial charge in [-0.25, -0.2) is 9.48 Å². The van der Waals surface area contributed by atoms with Gasteiger partial charge in [0.25, 0.3) is 5.91 Å². The predicted molar refractivity (Wildman–Crippen MR) is 145 cm³/mol. The second kappa shape index (κ2) is 13.7. The number of carbonyl (C=O) groups excluding carboxylic acids is 2. The van der Waals surface area contributed by atoms with Gasteiger partial charge in [0.15, 0.2) is 6.61 Å². The van der Waals surface area contributed by atoms with Crippen molar-refractivity contribution in [2.24, 2.45) is 0 Å². The summed E-state index contributed by atoms with van der Waals surface area (Å²) in [6, 6.07) is 6.91. The van der Waals surface area contributed by atoms with E-state index in [-0.39, 0.29) is 18.5 Å². The second-order valence-electron chi connectivity index (χ2n) is 9.27. The zero-order valence-electron chi connectivity index (χ0n) is 22.4. The van der Waals surface area contributed by atoms with Crippen molar-refractivity contribution < 1.29 is 23.8 Å². The maximum absolute atomic E-state index is 13.2. The lowest BCUT2D eigenvalue weighted by Gasteiger charge is -2.28. The molecule has 2 aromatic rings. The third kappa shape index (κ3) is 6.87. The van der Waals surface area contributed by atoms with Crippen LogP contribution in [0, 0.1) is 0 Å². The number of unbranched alkanes of at least 4 members (excludes halogenated alkanes) is 2. The van der Waals surface area contributed by atoms with E-state index in [0.29, 0.717) is 61.0 Å². The molecule has 0 saturated carbocycles. The summed E-state index contributed by atoms with van der Waals surface area (Å²) in [5, 5.41) is 8.66. The van der Waals surface area contributed by atoms with Crippen LogP contribution in [0.1, 0.15) is 58.1 Å². The number of thioether (sulfide) groups is 1. The number of rotatable bonds is 12. The normalized spacial score (nSPS) is 17.1. The minimum atomic E-state index is -0.502. The first-order valence-corrected chi connectivity index (χ1v) is 14.3. The first-order valence-electron chi connectivity index (χ1n) is 13.3. The SMILES string of the molecule is CCCCOC(=O)C1=C(C)Nc2nc(SCCCC)nn2C1c1ccc(OCC(=O)N2CCOCC2)cc1. The minimum absolute atomic E-state index is 0.0354. The van der Waals surface area contributed by atoms with Gasteiger partial charge in [-0.3, -0.25) is 4.79 Å². The van der Waals surface area contributed by atoms with E-state index in [4.69, 9.17) is 19.3 Å². The van der Waals surface area contributed by atoms with Crippen molar-refractivity contribution >= 4 is 29.6 Å². The smallest absolute Gasteiger partial charge is 0.338 e. The van der Waals surface area contributed by atoms with E-state index in [0.717, 1.165) is 37.0 Å². The van der Waals surface area contributed by atoms with E-state index >= 15 is 0 Å².